The van der Waals surface area contributed by atoms with Crippen molar-refractivity contribution in [2.75, 3.05) is 12.4 Å². The SMILES string of the molecule is CC1CC(C(N)c2ccc3c(c2)CN(C)C(=O)N3)C1. The van der Waals surface area contributed by atoms with E-state index in [0.717, 1.165) is 17.2 Å². The highest BCUT2D eigenvalue weighted by atomic mass is 16.2. The number of rotatable bonds is 2. The zero-order valence-corrected chi connectivity index (χ0v) is 11.5. The first-order valence-corrected chi connectivity index (χ1v) is 6.95. The lowest BCUT2D eigenvalue weighted by atomic mass is 9.70. The van der Waals surface area contributed by atoms with E-state index in [0.29, 0.717) is 12.5 Å². The van der Waals surface area contributed by atoms with Gasteiger partial charge in [0.15, 0.2) is 0 Å². The summed E-state index contributed by atoms with van der Waals surface area (Å²) < 4.78 is 0. The predicted octanol–water partition coefficient (Wildman–Crippen LogP) is 2.71. The fourth-order valence-electron chi connectivity index (χ4n) is 3.14. The number of urea groups is 1. The molecule has 19 heavy (non-hydrogen) atoms. The Labute approximate surface area is 114 Å². The normalized spacial score (nSPS) is 27.3. The largest absolute Gasteiger partial charge is 0.324 e. The number of nitrogens with one attached hydrogen (secondary N) is 1. The molecule has 3 N–H and O–H groups in total. The van der Waals surface area contributed by atoms with Crippen LogP contribution in [-0.2, 0) is 6.54 Å². The molecule has 3 rings (SSSR count). The third-order valence-corrected chi connectivity index (χ3v) is 4.43. The summed E-state index contributed by atoms with van der Waals surface area (Å²) in [5.74, 6) is 1.43. The lowest BCUT2D eigenvalue weighted by Crippen LogP contribution is -2.36. The number of amides is 2. The standard InChI is InChI=1S/C15H21N3O/c1-9-5-11(6-9)14(16)10-3-4-13-12(7-10)8-18(2)15(19)17-13/h3-4,7,9,11,14H,5-6,8,16H2,1-2H3,(H,17,19). The topological polar surface area (TPSA) is 58.4 Å². The minimum Gasteiger partial charge on any atom is -0.324 e. The van der Waals surface area contributed by atoms with Crippen LogP contribution in [0.1, 0.15) is 36.9 Å². The number of benzene rings is 1. The van der Waals surface area contributed by atoms with E-state index in [1.165, 1.54) is 18.4 Å². The Balaban J connectivity index is 1.81. The molecule has 1 fully saturated rings. The number of carbonyl (C=O) groups is 1. The summed E-state index contributed by atoms with van der Waals surface area (Å²) in [5, 5.41) is 2.89. The van der Waals surface area contributed by atoms with Crippen LogP contribution in [0, 0.1) is 11.8 Å². The maximum atomic E-state index is 11.6. The zero-order valence-electron chi connectivity index (χ0n) is 11.5. The number of nitrogens with two attached hydrogens (primary N) is 1. The van der Waals surface area contributed by atoms with Crippen LogP contribution < -0.4 is 11.1 Å². The van der Waals surface area contributed by atoms with Gasteiger partial charge in [0.2, 0.25) is 0 Å². The van der Waals surface area contributed by atoms with Gasteiger partial charge in [0, 0.05) is 25.3 Å². The molecule has 2 amide bonds. The van der Waals surface area contributed by atoms with Crippen molar-refractivity contribution >= 4 is 11.7 Å². The molecule has 2 aliphatic rings. The number of anilines is 1. The quantitative estimate of drug-likeness (QED) is 0.858. The maximum Gasteiger partial charge on any atom is 0.321 e. The molecular weight excluding hydrogens is 238 g/mol. The van der Waals surface area contributed by atoms with Crippen LogP contribution in [0.15, 0.2) is 18.2 Å². The van der Waals surface area contributed by atoms with Crippen LogP contribution in [-0.4, -0.2) is 18.0 Å². The van der Waals surface area contributed by atoms with Crippen LogP contribution in [0.5, 0.6) is 0 Å². The van der Waals surface area contributed by atoms with E-state index in [-0.39, 0.29) is 12.1 Å². The van der Waals surface area contributed by atoms with Crippen molar-refractivity contribution in [2.45, 2.75) is 32.4 Å². The fourth-order valence-corrected chi connectivity index (χ4v) is 3.14. The van der Waals surface area contributed by atoms with Crippen LogP contribution in [0.3, 0.4) is 0 Å². The van der Waals surface area contributed by atoms with E-state index in [4.69, 9.17) is 5.73 Å². The van der Waals surface area contributed by atoms with E-state index in [2.05, 4.69) is 24.4 Å². The Hall–Kier alpha value is -1.55. The average Bonchev–Trinajstić information content (AvgIpc) is 2.35. The first-order chi connectivity index (χ1) is 9.04. The summed E-state index contributed by atoms with van der Waals surface area (Å²) in [6, 6.07) is 6.27. The highest BCUT2D eigenvalue weighted by molar-refractivity contribution is 5.92. The highest BCUT2D eigenvalue weighted by Crippen LogP contribution is 2.41. The Morgan fingerprint density at radius 2 is 2.16 bits per heavy atom. The lowest BCUT2D eigenvalue weighted by molar-refractivity contribution is 0.177. The Bertz CT molecular complexity index is 508. The summed E-state index contributed by atoms with van der Waals surface area (Å²) in [7, 11) is 1.80. The minimum atomic E-state index is -0.0441. The second-order valence-electron chi connectivity index (χ2n) is 6.07. The molecule has 1 aromatic rings. The highest BCUT2D eigenvalue weighted by Gasteiger charge is 2.31. The molecule has 1 saturated carbocycles. The molecule has 1 unspecified atom stereocenters. The molecule has 0 spiro atoms. The average molecular weight is 259 g/mol. The van der Waals surface area contributed by atoms with Crippen molar-refractivity contribution < 1.29 is 4.79 Å². The first-order valence-electron chi connectivity index (χ1n) is 6.95. The smallest absolute Gasteiger partial charge is 0.321 e. The fraction of sp³-hybridized carbons (Fsp3) is 0.533. The second kappa shape index (κ2) is 4.53. The van der Waals surface area contributed by atoms with Crippen LogP contribution >= 0.6 is 0 Å². The molecule has 0 radical (unpaired) electrons. The minimum absolute atomic E-state index is 0.0441. The summed E-state index contributed by atoms with van der Waals surface area (Å²) in [6.07, 6.45) is 2.46. The van der Waals surface area contributed by atoms with Gasteiger partial charge in [-0.3, -0.25) is 0 Å². The van der Waals surface area contributed by atoms with Crippen molar-refractivity contribution in [3.63, 3.8) is 0 Å². The summed E-state index contributed by atoms with van der Waals surface area (Å²) >= 11 is 0. The van der Waals surface area contributed by atoms with Gasteiger partial charge >= 0.3 is 6.03 Å². The lowest BCUT2D eigenvalue weighted by Gasteiger charge is -2.37. The van der Waals surface area contributed by atoms with E-state index >= 15 is 0 Å². The Kier molecular flexibility index (Phi) is 2.97. The number of hydrogen-bond acceptors (Lipinski definition) is 2. The van der Waals surface area contributed by atoms with Crippen LogP contribution in [0.2, 0.25) is 0 Å². The van der Waals surface area contributed by atoms with Gasteiger partial charge in [-0.15, -0.1) is 0 Å². The second-order valence-corrected chi connectivity index (χ2v) is 6.07. The molecule has 1 aromatic carbocycles. The van der Waals surface area contributed by atoms with Crippen molar-refractivity contribution in [2.24, 2.45) is 17.6 Å². The molecule has 1 aliphatic carbocycles. The molecule has 4 nitrogen and oxygen atoms in total. The number of fused-ring (bicyclic) bond motifs is 1. The molecule has 0 aromatic heterocycles. The summed E-state index contributed by atoms with van der Waals surface area (Å²) in [4.78, 5) is 13.2. The summed E-state index contributed by atoms with van der Waals surface area (Å²) in [5.41, 5.74) is 9.62. The molecule has 4 heteroatoms. The Morgan fingerprint density at radius 3 is 2.84 bits per heavy atom. The van der Waals surface area contributed by atoms with Crippen molar-refractivity contribution in [3.8, 4) is 0 Å². The molecule has 0 bridgehead atoms. The van der Waals surface area contributed by atoms with Gasteiger partial charge in [0.25, 0.3) is 0 Å². The van der Waals surface area contributed by atoms with Crippen LogP contribution in [0.25, 0.3) is 0 Å². The third-order valence-electron chi connectivity index (χ3n) is 4.43. The molecule has 1 aliphatic heterocycles. The van der Waals surface area contributed by atoms with Crippen molar-refractivity contribution in [3.05, 3.63) is 29.3 Å². The van der Waals surface area contributed by atoms with Gasteiger partial charge in [-0.25, -0.2) is 4.79 Å². The maximum absolute atomic E-state index is 11.6. The molecule has 1 atom stereocenters. The van der Waals surface area contributed by atoms with E-state index in [1.807, 2.05) is 6.07 Å². The molecule has 0 saturated heterocycles. The van der Waals surface area contributed by atoms with Gasteiger partial charge < -0.3 is 16.0 Å². The number of hydrogen-bond donors (Lipinski definition) is 2. The van der Waals surface area contributed by atoms with Crippen molar-refractivity contribution in [1.82, 2.24) is 4.90 Å². The van der Waals surface area contributed by atoms with Gasteiger partial charge in [-0.2, -0.15) is 0 Å². The van der Waals surface area contributed by atoms with E-state index in [9.17, 15) is 4.79 Å². The first kappa shape index (κ1) is 12.5. The van der Waals surface area contributed by atoms with Gasteiger partial charge in [-0.05, 0) is 41.9 Å². The van der Waals surface area contributed by atoms with Gasteiger partial charge in [0.05, 0.1) is 0 Å². The molecular formula is C15H21N3O. The zero-order chi connectivity index (χ0) is 13.6. The Morgan fingerprint density at radius 1 is 1.42 bits per heavy atom. The van der Waals surface area contributed by atoms with Gasteiger partial charge in [0.1, 0.15) is 0 Å². The summed E-state index contributed by atoms with van der Waals surface area (Å²) in [6.45, 7) is 2.93. The predicted molar refractivity (Wildman–Crippen MR) is 75.7 cm³/mol. The van der Waals surface area contributed by atoms with Crippen LogP contribution in [0.4, 0.5) is 10.5 Å². The van der Waals surface area contributed by atoms with E-state index in [1.54, 1.807) is 11.9 Å². The monoisotopic (exact) mass is 259 g/mol. The third kappa shape index (κ3) is 2.21. The number of carbonyl (C=O) groups excluding carboxylic acids is 1. The van der Waals surface area contributed by atoms with Crippen molar-refractivity contribution in [1.29, 1.82) is 0 Å². The molecule has 1 heterocycles. The molecule has 102 valence electrons. The van der Waals surface area contributed by atoms with Gasteiger partial charge in [-0.1, -0.05) is 19.1 Å². The van der Waals surface area contributed by atoms with E-state index < -0.39 is 0 Å². The number of nitrogens with zero attached hydrogens (tertiary/aromatic N) is 1.